The number of rotatable bonds is 7. The van der Waals surface area contributed by atoms with E-state index in [4.69, 9.17) is 10.6 Å². The lowest BCUT2D eigenvalue weighted by atomic mass is 10.0. The Morgan fingerprint density at radius 1 is 1.62 bits per heavy atom. The van der Waals surface area contributed by atoms with Crippen LogP contribution in [0.25, 0.3) is 0 Å². The molecule has 0 spiro atoms. The summed E-state index contributed by atoms with van der Waals surface area (Å²) in [5.74, 6) is 5.55. The highest BCUT2D eigenvalue weighted by Gasteiger charge is 2.20. The Bertz CT molecular complexity index is 301. The van der Waals surface area contributed by atoms with Crippen molar-refractivity contribution in [3.05, 3.63) is 11.9 Å². The van der Waals surface area contributed by atoms with Crippen LogP contribution in [0.2, 0.25) is 0 Å². The third-order valence-corrected chi connectivity index (χ3v) is 2.62. The fourth-order valence-corrected chi connectivity index (χ4v) is 1.78. The molecule has 0 aliphatic carbocycles. The highest BCUT2D eigenvalue weighted by atomic mass is 16.5. The summed E-state index contributed by atoms with van der Waals surface area (Å²) in [6, 6.07) is 0.0710. The van der Waals surface area contributed by atoms with Gasteiger partial charge in [0.2, 0.25) is 0 Å². The van der Waals surface area contributed by atoms with E-state index in [0.717, 1.165) is 25.0 Å². The summed E-state index contributed by atoms with van der Waals surface area (Å²) in [5, 5.41) is 7.93. The molecule has 1 heterocycles. The smallest absolute Gasteiger partial charge is 0.0844 e. The van der Waals surface area contributed by atoms with Crippen molar-refractivity contribution in [3.63, 3.8) is 0 Å². The number of ether oxygens (including phenoxy) is 1. The van der Waals surface area contributed by atoms with Crippen molar-refractivity contribution in [2.75, 3.05) is 7.11 Å². The number of aromatic nitrogens is 3. The number of nitrogens with two attached hydrogens (primary N) is 1. The fraction of sp³-hybridized carbons (Fsp3) is 0.800. The van der Waals surface area contributed by atoms with Crippen LogP contribution in [0.3, 0.4) is 0 Å². The molecule has 0 saturated carbocycles. The molecule has 6 heteroatoms. The van der Waals surface area contributed by atoms with Gasteiger partial charge in [0.05, 0.1) is 17.8 Å². The van der Waals surface area contributed by atoms with E-state index in [-0.39, 0.29) is 12.1 Å². The molecule has 0 amide bonds. The summed E-state index contributed by atoms with van der Waals surface area (Å²) in [6.45, 7) is 2.13. The summed E-state index contributed by atoms with van der Waals surface area (Å²) in [5.41, 5.74) is 3.71. The van der Waals surface area contributed by atoms with Crippen molar-refractivity contribution in [1.82, 2.24) is 20.4 Å². The summed E-state index contributed by atoms with van der Waals surface area (Å²) >= 11 is 0. The minimum Gasteiger partial charge on any atom is -0.380 e. The van der Waals surface area contributed by atoms with Gasteiger partial charge in [-0.05, 0) is 6.42 Å². The quantitative estimate of drug-likeness (QED) is 0.506. The molecule has 0 aliphatic heterocycles. The maximum atomic E-state index is 5.55. The van der Waals surface area contributed by atoms with Gasteiger partial charge < -0.3 is 4.74 Å². The Morgan fingerprint density at radius 3 is 2.81 bits per heavy atom. The second-order valence-corrected chi connectivity index (χ2v) is 3.92. The molecule has 0 aromatic carbocycles. The second kappa shape index (κ2) is 6.57. The number of nitrogens with one attached hydrogen (secondary N) is 1. The predicted octanol–water partition coefficient (Wildman–Crippen LogP) is 0.00460. The molecule has 0 aliphatic rings. The first-order valence-electron chi connectivity index (χ1n) is 5.55. The van der Waals surface area contributed by atoms with Gasteiger partial charge in [-0.25, -0.2) is 0 Å². The van der Waals surface area contributed by atoms with Gasteiger partial charge in [-0.3, -0.25) is 16.0 Å². The molecule has 0 saturated heterocycles. The molecule has 0 bridgehead atoms. The number of nitrogens with zero attached hydrogens (tertiary/aromatic N) is 3. The van der Waals surface area contributed by atoms with Gasteiger partial charge in [-0.15, -0.1) is 5.10 Å². The molecular weight excluding hydrogens is 206 g/mol. The number of aryl methyl sites for hydroxylation is 1. The Hall–Kier alpha value is -0.980. The van der Waals surface area contributed by atoms with E-state index in [2.05, 4.69) is 22.7 Å². The van der Waals surface area contributed by atoms with Crippen LogP contribution in [0.15, 0.2) is 6.20 Å². The molecule has 6 nitrogen and oxygen atoms in total. The summed E-state index contributed by atoms with van der Waals surface area (Å²) in [6.07, 6.45) is 4.77. The van der Waals surface area contributed by atoms with Crippen LogP contribution in [0.4, 0.5) is 0 Å². The molecule has 0 radical (unpaired) electrons. The van der Waals surface area contributed by atoms with Crippen LogP contribution in [0.1, 0.15) is 25.5 Å². The first-order chi connectivity index (χ1) is 7.71. The van der Waals surface area contributed by atoms with Crippen LogP contribution in [-0.4, -0.2) is 34.2 Å². The highest BCUT2D eigenvalue weighted by Crippen LogP contribution is 2.10. The fourth-order valence-electron chi connectivity index (χ4n) is 1.78. The zero-order chi connectivity index (χ0) is 12.0. The standard InChI is InChI=1S/C10H21N5O/c1-4-5-10(16-3)9(12-11)6-8-7-15(2)14-13-8/h7,9-10,12H,4-6,11H2,1-3H3. The van der Waals surface area contributed by atoms with Crippen molar-refractivity contribution in [2.45, 2.75) is 38.3 Å². The van der Waals surface area contributed by atoms with Gasteiger partial charge in [-0.1, -0.05) is 18.6 Å². The van der Waals surface area contributed by atoms with Crippen LogP contribution in [-0.2, 0) is 18.2 Å². The molecule has 1 aromatic heterocycles. The normalized spacial score (nSPS) is 15.0. The van der Waals surface area contributed by atoms with Crippen molar-refractivity contribution in [3.8, 4) is 0 Å². The topological polar surface area (TPSA) is 78.0 Å². The molecule has 2 unspecified atom stereocenters. The van der Waals surface area contributed by atoms with Crippen molar-refractivity contribution < 1.29 is 4.74 Å². The Kier molecular flexibility index (Phi) is 5.37. The zero-order valence-corrected chi connectivity index (χ0v) is 10.2. The van der Waals surface area contributed by atoms with Gasteiger partial charge in [0, 0.05) is 26.8 Å². The number of methoxy groups -OCH3 is 1. The molecule has 2 atom stereocenters. The third-order valence-electron chi connectivity index (χ3n) is 2.62. The molecule has 16 heavy (non-hydrogen) atoms. The van der Waals surface area contributed by atoms with E-state index >= 15 is 0 Å². The molecule has 3 N–H and O–H groups in total. The number of hydrazine groups is 1. The van der Waals surface area contributed by atoms with Crippen LogP contribution in [0, 0.1) is 0 Å². The lowest BCUT2D eigenvalue weighted by Crippen LogP contribution is -2.46. The lowest BCUT2D eigenvalue weighted by molar-refractivity contribution is 0.0606. The maximum Gasteiger partial charge on any atom is 0.0844 e. The molecule has 1 aromatic rings. The van der Waals surface area contributed by atoms with Crippen LogP contribution in [0.5, 0.6) is 0 Å². The van der Waals surface area contributed by atoms with E-state index in [9.17, 15) is 0 Å². The average Bonchev–Trinajstić information content (AvgIpc) is 2.69. The lowest BCUT2D eigenvalue weighted by Gasteiger charge is -2.24. The van der Waals surface area contributed by atoms with E-state index in [0.29, 0.717) is 0 Å². The van der Waals surface area contributed by atoms with Crippen molar-refractivity contribution in [2.24, 2.45) is 12.9 Å². The average molecular weight is 227 g/mol. The monoisotopic (exact) mass is 227 g/mol. The van der Waals surface area contributed by atoms with E-state index in [1.165, 1.54) is 0 Å². The molecule has 92 valence electrons. The van der Waals surface area contributed by atoms with E-state index < -0.39 is 0 Å². The minimum absolute atomic E-state index is 0.0710. The van der Waals surface area contributed by atoms with E-state index in [1.807, 2.05) is 13.2 Å². The number of hydrogen-bond acceptors (Lipinski definition) is 5. The van der Waals surface area contributed by atoms with Crippen LogP contribution >= 0.6 is 0 Å². The summed E-state index contributed by atoms with van der Waals surface area (Å²) in [7, 11) is 3.56. The Balaban J connectivity index is 2.59. The first kappa shape index (κ1) is 13.1. The van der Waals surface area contributed by atoms with Gasteiger partial charge in [-0.2, -0.15) is 0 Å². The summed E-state index contributed by atoms with van der Waals surface area (Å²) < 4.78 is 7.11. The summed E-state index contributed by atoms with van der Waals surface area (Å²) in [4.78, 5) is 0. The molecule has 0 fully saturated rings. The van der Waals surface area contributed by atoms with Crippen LogP contribution < -0.4 is 11.3 Å². The van der Waals surface area contributed by atoms with Gasteiger partial charge >= 0.3 is 0 Å². The minimum atomic E-state index is 0.0710. The molecule has 1 rings (SSSR count). The largest absolute Gasteiger partial charge is 0.380 e. The highest BCUT2D eigenvalue weighted by molar-refractivity contribution is 4.97. The third kappa shape index (κ3) is 3.55. The SMILES string of the molecule is CCCC(OC)C(Cc1cn(C)nn1)NN. The van der Waals surface area contributed by atoms with Gasteiger partial charge in [0.1, 0.15) is 0 Å². The van der Waals surface area contributed by atoms with Gasteiger partial charge in [0.25, 0.3) is 0 Å². The maximum absolute atomic E-state index is 5.55. The first-order valence-corrected chi connectivity index (χ1v) is 5.55. The predicted molar refractivity (Wildman–Crippen MR) is 61.5 cm³/mol. The Labute approximate surface area is 96.1 Å². The van der Waals surface area contributed by atoms with Crippen molar-refractivity contribution in [1.29, 1.82) is 0 Å². The Morgan fingerprint density at radius 2 is 2.38 bits per heavy atom. The van der Waals surface area contributed by atoms with Gasteiger partial charge in [0.15, 0.2) is 0 Å². The van der Waals surface area contributed by atoms with E-state index in [1.54, 1.807) is 11.8 Å². The molecular formula is C10H21N5O. The zero-order valence-electron chi connectivity index (χ0n) is 10.2. The second-order valence-electron chi connectivity index (χ2n) is 3.92. The van der Waals surface area contributed by atoms with Crippen molar-refractivity contribution >= 4 is 0 Å². The number of hydrogen-bond donors (Lipinski definition) is 2.